The number of imidazole rings is 1. The molecule has 1 atom stereocenters. The number of carbonyl (C=O) groups is 2. The van der Waals surface area contributed by atoms with Crippen LogP contribution in [0.5, 0.6) is 0 Å². The van der Waals surface area contributed by atoms with E-state index in [0.29, 0.717) is 12.8 Å². The Morgan fingerprint density at radius 2 is 2.06 bits per heavy atom. The van der Waals surface area contributed by atoms with Crippen LogP contribution < -0.4 is 26.3 Å². The predicted molar refractivity (Wildman–Crippen MR) is 130 cm³/mol. The summed E-state index contributed by atoms with van der Waals surface area (Å²) in [6.07, 6.45) is 5.77. The van der Waals surface area contributed by atoms with Crippen molar-refractivity contribution in [3.05, 3.63) is 6.33 Å². The lowest BCUT2D eigenvalue weighted by Gasteiger charge is -2.14. The molecule has 7 N–H and O–H groups in total. The third-order valence-electron chi connectivity index (χ3n) is 4.95. The lowest BCUT2D eigenvalue weighted by Crippen LogP contribution is -2.41. The van der Waals surface area contributed by atoms with Crippen LogP contribution in [0.25, 0.3) is 11.2 Å². The number of nitrogens with one attached hydrogen (secondary N) is 2. The highest BCUT2D eigenvalue weighted by Gasteiger charge is 2.23. The predicted octanol–water partition coefficient (Wildman–Crippen LogP) is 0.437. The minimum atomic E-state index is -1.14. The van der Waals surface area contributed by atoms with Crippen molar-refractivity contribution in [2.45, 2.75) is 49.8 Å². The molecule has 0 aliphatic carbocycles. The molecule has 0 unspecified atom stereocenters. The fraction of sp³-hybridized carbons (Fsp3) is 0.600. The lowest BCUT2D eigenvalue weighted by molar-refractivity contribution is -0.710. The maximum absolute atomic E-state index is 11.9. The number of aromatic amines is 1. The SMILES string of the molecule is CSc1[nH]c2c(N(C)C)ncnc2[n+]1CCCCCOC(=O)N[C@H](CCCN=C(N)N)C(=O)O. The number of nitrogens with two attached hydrogens (primary N) is 2. The van der Waals surface area contributed by atoms with Crippen LogP contribution in [-0.4, -0.2) is 77.6 Å². The molecule has 2 heterocycles. The number of aromatic nitrogens is 4. The van der Waals surface area contributed by atoms with E-state index < -0.39 is 18.1 Å². The van der Waals surface area contributed by atoms with Gasteiger partial charge in [-0.1, -0.05) is 16.7 Å². The number of carbonyl (C=O) groups excluding carboxylic acids is 1. The molecule has 14 heteroatoms. The first kappa shape index (κ1) is 27.0. The molecule has 0 saturated heterocycles. The number of ether oxygens (including phenoxy) is 1. The van der Waals surface area contributed by atoms with E-state index >= 15 is 0 Å². The van der Waals surface area contributed by atoms with E-state index in [1.165, 1.54) is 0 Å². The summed E-state index contributed by atoms with van der Waals surface area (Å²) in [5.74, 6) is -0.365. The molecule has 0 saturated carbocycles. The summed E-state index contributed by atoms with van der Waals surface area (Å²) >= 11 is 1.61. The maximum Gasteiger partial charge on any atom is 0.407 e. The number of amides is 1. The second kappa shape index (κ2) is 13.4. The molecule has 1 amide bonds. The Bertz CT molecular complexity index is 992. The number of aliphatic carboxylic acids is 1. The molecule has 0 radical (unpaired) electrons. The quantitative estimate of drug-likeness (QED) is 0.0806. The highest BCUT2D eigenvalue weighted by Crippen LogP contribution is 2.21. The van der Waals surface area contributed by atoms with Crippen molar-refractivity contribution in [3.63, 3.8) is 0 Å². The van der Waals surface area contributed by atoms with Gasteiger partial charge in [-0.05, 0) is 38.4 Å². The van der Waals surface area contributed by atoms with Gasteiger partial charge in [0.25, 0.3) is 5.16 Å². The zero-order chi connectivity index (χ0) is 25.1. The van der Waals surface area contributed by atoms with Gasteiger partial charge in [-0.15, -0.1) is 0 Å². The van der Waals surface area contributed by atoms with Crippen LogP contribution in [0.2, 0.25) is 0 Å². The normalized spacial score (nSPS) is 11.7. The summed E-state index contributed by atoms with van der Waals surface area (Å²) in [6, 6.07) is -1.06. The number of aryl methyl sites for hydroxylation is 1. The number of carboxylic acids is 1. The van der Waals surface area contributed by atoms with Crippen molar-refractivity contribution >= 4 is 46.8 Å². The average molecular weight is 497 g/mol. The van der Waals surface area contributed by atoms with E-state index in [0.717, 1.165) is 41.5 Å². The van der Waals surface area contributed by atoms with Gasteiger partial charge in [-0.2, -0.15) is 4.98 Å². The van der Waals surface area contributed by atoms with Crippen molar-refractivity contribution in [1.82, 2.24) is 20.3 Å². The molecular formula is C20H34N9O4S+. The summed E-state index contributed by atoms with van der Waals surface area (Å²) in [5.41, 5.74) is 12.2. The van der Waals surface area contributed by atoms with Crippen LogP contribution in [-0.2, 0) is 16.1 Å². The molecular weight excluding hydrogens is 462 g/mol. The Morgan fingerprint density at radius 3 is 2.71 bits per heavy atom. The summed E-state index contributed by atoms with van der Waals surface area (Å²) in [6.45, 7) is 1.24. The molecule has 0 aliphatic heterocycles. The Labute approximate surface area is 202 Å². The number of aliphatic imine (C=N–C) groups is 1. The van der Waals surface area contributed by atoms with E-state index in [4.69, 9.17) is 16.2 Å². The zero-order valence-corrected chi connectivity index (χ0v) is 20.6. The number of carboxylic acid groups (broad SMARTS) is 1. The minimum Gasteiger partial charge on any atom is -0.480 e. The third-order valence-corrected chi connectivity index (χ3v) is 5.66. The fourth-order valence-electron chi connectivity index (χ4n) is 3.32. The molecule has 0 spiro atoms. The number of nitrogens with zero attached hydrogens (tertiary/aromatic N) is 5. The number of hydrogen-bond acceptors (Lipinski definition) is 8. The van der Waals surface area contributed by atoms with E-state index in [1.54, 1.807) is 18.1 Å². The van der Waals surface area contributed by atoms with Gasteiger partial charge in [-0.25, -0.2) is 14.2 Å². The van der Waals surface area contributed by atoms with Crippen molar-refractivity contribution in [2.75, 3.05) is 38.4 Å². The monoisotopic (exact) mass is 496 g/mol. The fourth-order valence-corrected chi connectivity index (χ4v) is 3.92. The average Bonchev–Trinajstić information content (AvgIpc) is 3.15. The summed E-state index contributed by atoms with van der Waals surface area (Å²) in [7, 11) is 3.88. The second-order valence-corrected chi connectivity index (χ2v) is 8.55. The number of rotatable bonds is 14. The first-order chi connectivity index (χ1) is 16.2. The van der Waals surface area contributed by atoms with Gasteiger partial charge in [-0.3, -0.25) is 9.98 Å². The molecule has 13 nitrogen and oxygen atoms in total. The number of thioether (sulfide) groups is 1. The summed E-state index contributed by atoms with van der Waals surface area (Å²) in [4.78, 5) is 41.2. The van der Waals surface area contributed by atoms with Gasteiger partial charge in [0.15, 0.2) is 18.1 Å². The number of hydrogen-bond donors (Lipinski definition) is 5. The van der Waals surface area contributed by atoms with Crippen molar-refractivity contribution in [3.8, 4) is 0 Å². The molecule has 0 fully saturated rings. The first-order valence-electron chi connectivity index (χ1n) is 10.9. The Balaban J connectivity index is 1.76. The van der Waals surface area contributed by atoms with E-state index in [1.807, 2.05) is 25.3 Å². The molecule has 2 rings (SSSR count). The van der Waals surface area contributed by atoms with Crippen molar-refractivity contribution in [1.29, 1.82) is 0 Å². The Kier molecular flexibility index (Phi) is 10.6. The second-order valence-electron chi connectivity index (χ2n) is 7.76. The van der Waals surface area contributed by atoms with Gasteiger partial charge >= 0.3 is 17.7 Å². The highest BCUT2D eigenvalue weighted by molar-refractivity contribution is 7.98. The van der Waals surface area contributed by atoms with Gasteiger partial charge in [0, 0.05) is 20.6 Å². The van der Waals surface area contributed by atoms with Crippen LogP contribution in [0, 0.1) is 0 Å². The Hall–Kier alpha value is -3.29. The number of guanidine groups is 1. The summed E-state index contributed by atoms with van der Waals surface area (Å²) < 4.78 is 7.26. The van der Waals surface area contributed by atoms with Crippen LogP contribution in [0.1, 0.15) is 32.1 Å². The van der Waals surface area contributed by atoms with E-state index in [-0.39, 0.29) is 25.5 Å². The minimum absolute atomic E-state index is 0.0569. The van der Waals surface area contributed by atoms with Gasteiger partial charge in [0.2, 0.25) is 5.52 Å². The number of anilines is 1. The molecule has 0 aliphatic rings. The molecule has 0 aromatic carbocycles. The number of alkyl carbamates (subject to hydrolysis) is 1. The molecule has 34 heavy (non-hydrogen) atoms. The number of unbranched alkanes of at least 4 members (excludes halogenated alkanes) is 2. The van der Waals surface area contributed by atoms with Gasteiger partial charge < -0.3 is 31.5 Å². The molecule has 188 valence electrons. The Morgan fingerprint density at radius 1 is 1.29 bits per heavy atom. The molecule has 0 bridgehead atoms. The van der Waals surface area contributed by atoms with Crippen LogP contribution in [0.4, 0.5) is 10.6 Å². The van der Waals surface area contributed by atoms with E-state index in [2.05, 4.69) is 29.8 Å². The van der Waals surface area contributed by atoms with Gasteiger partial charge in [0.1, 0.15) is 6.04 Å². The van der Waals surface area contributed by atoms with Crippen LogP contribution in [0.3, 0.4) is 0 Å². The lowest BCUT2D eigenvalue weighted by atomic mass is 10.1. The first-order valence-corrected chi connectivity index (χ1v) is 12.2. The zero-order valence-electron chi connectivity index (χ0n) is 19.8. The standard InChI is InChI=1S/C20H33N9O4S/c1-28(2)15-14-16(25-12-24-15)29(19(27-14)34-3)10-5-4-6-11-33-20(32)26-13(17(30)31)8-7-9-23-18(21)22/h12-13H,4-11H2,1-3H3,(H6,21,22,23,26,30,31,32)/p+1/t13-/m1/s1. The highest BCUT2D eigenvalue weighted by atomic mass is 32.2. The van der Waals surface area contributed by atoms with Crippen molar-refractivity contribution in [2.24, 2.45) is 16.5 Å². The van der Waals surface area contributed by atoms with Crippen LogP contribution in [0.15, 0.2) is 16.5 Å². The van der Waals surface area contributed by atoms with Gasteiger partial charge in [0.05, 0.1) is 13.2 Å². The largest absolute Gasteiger partial charge is 0.480 e. The topological polar surface area (TPSA) is 189 Å². The number of fused-ring (bicyclic) bond motifs is 1. The molecule has 2 aromatic rings. The smallest absolute Gasteiger partial charge is 0.407 e. The maximum atomic E-state index is 11.9. The third kappa shape index (κ3) is 7.93. The van der Waals surface area contributed by atoms with Crippen LogP contribution >= 0.6 is 11.8 Å². The number of H-pyrrole nitrogens is 1. The summed E-state index contributed by atoms with van der Waals surface area (Å²) in [5, 5.41) is 12.6. The molecule has 2 aromatic heterocycles. The van der Waals surface area contributed by atoms with Crippen molar-refractivity contribution < 1.29 is 24.0 Å². The van der Waals surface area contributed by atoms with E-state index in [9.17, 15) is 14.7 Å².